The molecule has 0 spiro atoms. The van der Waals surface area contributed by atoms with Gasteiger partial charge in [0, 0.05) is 0 Å². The Morgan fingerprint density at radius 3 is 2.62 bits per heavy atom. The molecule has 0 fully saturated rings. The van der Waals surface area contributed by atoms with Gasteiger partial charge < -0.3 is 5.32 Å². The minimum atomic E-state index is -1.21. The van der Waals surface area contributed by atoms with Crippen molar-refractivity contribution in [3.63, 3.8) is 0 Å². The number of carbonyl (C=O) groups excluding carboxylic acids is 2. The Hall–Kier alpha value is -1.42. The first-order valence-corrected chi connectivity index (χ1v) is 3.98. The minimum Gasteiger partial charge on any atom is -0.364 e. The maximum atomic E-state index is 11.4. The number of hydrogen-bond acceptors (Lipinski definition) is 4. The topological polar surface area (TPSA) is 72.2 Å². The van der Waals surface area contributed by atoms with Gasteiger partial charge in [0.25, 0.3) is 0 Å². The first-order chi connectivity index (χ1) is 6.04. The Bertz CT molecular complexity index is 294. The molecule has 13 heavy (non-hydrogen) atoms. The van der Waals surface area contributed by atoms with Crippen LogP contribution in [0.5, 0.6) is 0 Å². The van der Waals surface area contributed by atoms with Crippen LogP contribution in [0.25, 0.3) is 0 Å². The number of carbonyl (C=O) groups is 2. The third kappa shape index (κ3) is 2.26. The van der Waals surface area contributed by atoms with Crippen LogP contribution in [-0.2, 0) is 9.59 Å². The van der Waals surface area contributed by atoms with E-state index in [1.807, 2.05) is 0 Å². The van der Waals surface area contributed by atoms with Crippen LogP contribution >= 0.6 is 0 Å². The van der Waals surface area contributed by atoms with Gasteiger partial charge in [0.1, 0.15) is 5.78 Å². The number of dihydropyridines is 1. The van der Waals surface area contributed by atoms with E-state index < -0.39 is 5.66 Å². The quantitative estimate of drug-likeness (QED) is 0.593. The number of nitrogens with two attached hydrogens (primary N) is 1. The molecule has 1 unspecified atom stereocenters. The summed E-state index contributed by atoms with van der Waals surface area (Å²) in [6, 6.07) is 0. The smallest absolute Gasteiger partial charge is 0.184 e. The fourth-order valence-electron chi connectivity index (χ4n) is 1.04. The Morgan fingerprint density at radius 2 is 2.15 bits per heavy atom. The molecule has 70 valence electrons. The van der Waals surface area contributed by atoms with Crippen LogP contribution in [-0.4, -0.2) is 17.2 Å². The summed E-state index contributed by atoms with van der Waals surface area (Å²) in [5.74, 6) is -0.500. The van der Waals surface area contributed by atoms with Crippen LogP contribution in [0.3, 0.4) is 0 Å². The van der Waals surface area contributed by atoms with Crippen molar-refractivity contribution < 1.29 is 9.59 Å². The predicted octanol–water partition coefficient (Wildman–Crippen LogP) is -0.137. The normalized spacial score (nSPS) is 25.4. The van der Waals surface area contributed by atoms with Gasteiger partial charge in [-0.15, -0.1) is 0 Å². The molecule has 1 rings (SSSR count). The average molecular weight is 180 g/mol. The van der Waals surface area contributed by atoms with E-state index in [2.05, 4.69) is 5.32 Å². The summed E-state index contributed by atoms with van der Waals surface area (Å²) in [5, 5.41) is 2.71. The summed E-state index contributed by atoms with van der Waals surface area (Å²) < 4.78 is 0. The Labute approximate surface area is 76.5 Å². The first-order valence-electron chi connectivity index (χ1n) is 3.98. The van der Waals surface area contributed by atoms with E-state index in [1.54, 1.807) is 18.4 Å². The fourth-order valence-corrected chi connectivity index (χ4v) is 1.04. The summed E-state index contributed by atoms with van der Waals surface area (Å²) in [4.78, 5) is 22.1. The van der Waals surface area contributed by atoms with Gasteiger partial charge in [0.05, 0.1) is 6.42 Å². The Kier molecular flexibility index (Phi) is 2.63. The highest BCUT2D eigenvalue weighted by Crippen LogP contribution is 2.07. The fraction of sp³-hybridized carbons (Fsp3) is 0.333. The van der Waals surface area contributed by atoms with E-state index >= 15 is 0 Å². The molecule has 4 heteroatoms. The molecule has 0 radical (unpaired) electrons. The van der Waals surface area contributed by atoms with Crippen LogP contribution in [0, 0.1) is 0 Å². The summed E-state index contributed by atoms with van der Waals surface area (Å²) in [6.45, 7) is 1.36. The maximum Gasteiger partial charge on any atom is 0.184 e. The van der Waals surface area contributed by atoms with Crippen molar-refractivity contribution >= 4 is 11.6 Å². The molecular weight excluding hydrogens is 168 g/mol. The van der Waals surface area contributed by atoms with Crippen molar-refractivity contribution in [2.24, 2.45) is 5.73 Å². The molecule has 4 nitrogen and oxygen atoms in total. The molecule has 0 aromatic rings. The number of ketones is 2. The molecule has 1 atom stereocenters. The summed E-state index contributed by atoms with van der Waals surface area (Å²) >= 11 is 0. The molecule has 1 aliphatic rings. The summed E-state index contributed by atoms with van der Waals surface area (Å²) in [6.07, 6.45) is 6.39. The zero-order valence-electron chi connectivity index (χ0n) is 7.41. The van der Waals surface area contributed by atoms with E-state index in [4.69, 9.17) is 5.73 Å². The van der Waals surface area contributed by atoms with Crippen LogP contribution in [0.15, 0.2) is 24.4 Å². The van der Waals surface area contributed by atoms with Gasteiger partial charge in [-0.3, -0.25) is 15.3 Å². The van der Waals surface area contributed by atoms with Gasteiger partial charge in [-0.2, -0.15) is 0 Å². The number of rotatable bonds is 3. The lowest BCUT2D eigenvalue weighted by Gasteiger charge is -2.26. The van der Waals surface area contributed by atoms with Crippen molar-refractivity contribution in [3.05, 3.63) is 24.4 Å². The zero-order valence-corrected chi connectivity index (χ0v) is 7.41. The Morgan fingerprint density at radius 1 is 1.46 bits per heavy atom. The lowest BCUT2D eigenvalue weighted by Crippen LogP contribution is -2.57. The van der Waals surface area contributed by atoms with Crippen molar-refractivity contribution in [1.29, 1.82) is 0 Å². The molecular formula is C9H12N2O2. The molecule has 0 saturated carbocycles. The van der Waals surface area contributed by atoms with Gasteiger partial charge in [-0.1, -0.05) is 6.08 Å². The molecule has 1 aliphatic heterocycles. The van der Waals surface area contributed by atoms with Crippen LogP contribution < -0.4 is 11.1 Å². The lowest BCUT2D eigenvalue weighted by molar-refractivity contribution is -0.128. The lowest BCUT2D eigenvalue weighted by atomic mass is 9.99. The number of Topliss-reactive ketones (excluding diaryl/α,β-unsaturated/α-hetero) is 2. The molecule has 0 saturated heterocycles. The molecule has 3 N–H and O–H groups in total. The van der Waals surface area contributed by atoms with Gasteiger partial charge >= 0.3 is 0 Å². The molecule has 0 amide bonds. The molecule has 1 heterocycles. The monoisotopic (exact) mass is 180 g/mol. The third-order valence-corrected chi connectivity index (χ3v) is 1.76. The molecule has 0 bridgehead atoms. The van der Waals surface area contributed by atoms with E-state index in [0.717, 1.165) is 0 Å². The van der Waals surface area contributed by atoms with E-state index in [-0.39, 0.29) is 18.0 Å². The third-order valence-electron chi connectivity index (χ3n) is 1.76. The number of hydrogen-bond donors (Lipinski definition) is 2. The molecule has 0 aromatic heterocycles. The standard InChI is InChI=1S/C9H12N2O2/c1-7(12)6-8(13)9(10)4-2-3-5-11-9/h2-5,11H,6,10H2,1H3. The number of nitrogens with one attached hydrogen (secondary N) is 1. The van der Waals surface area contributed by atoms with E-state index in [1.165, 1.54) is 13.0 Å². The molecule has 0 aliphatic carbocycles. The maximum absolute atomic E-state index is 11.4. The van der Waals surface area contributed by atoms with E-state index in [0.29, 0.717) is 0 Å². The highest BCUT2D eigenvalue weighted by atomic mass is 16.2. The highest BCUT2D eigenvalue weighted by molar-refractivity contribution is 6.03. The minimum absolute atomic E-state index is 0.137. The van der Waals surface area contributed by atoms with Crippen molar-refractivity contribution in [2.45, 2.75) is 19.0 Å². The SMILES string of the molecule is CC(=O)CC(=O)C1(N)C=CC=CN1. The van der Waals surface area contributed by atoms with Crippen molar-refractivity contribution in [3.8, 4) is 0 Å². The van der Waals surface area contributed by atoms with E-state index in [9.17, 15) is 9.59 Å². The van der Waals surface area contributed by atoms with Gasteiger partial charge in [0.15, 0.2) is 11.4 Å². The second-order valence-electron chi connectivity index (χ2n) is 3.03. The Balaban J connectivity index is 2.70. The number of allylic oxidation sites excluding steroid dienone is 2. The van der Waals surface area contributed by atoms with Gasteiger partial charge in [-0.05, 0) is 25.3 Å². The van der Waals surface area contributed by atoms with Crippen molar-refractivity contribution in [2.75, 3.05) is 0 Å². The average Bonchev–Trinajstić information content (AvgIpc) is 2.04. The summed E-state index contributed by atoms with van der Waals surface area (Å²) in [7, 11) is 0. The zero-order chi connectivity index (χ0) is 9.90. The predicted molar refractivity (Wildman–Crippen MR) is 48.6 cm³/mol. The highest BCUT2D eigenvalue weighted by Gasteiger charge is 2.30. The largest absolute Gasteiger partial charge is 0.364 e. The molecule has 0 aromatic carbocycles. The van der Waals surface area contributed by atoms with Crippen LogP contribution in [0.1, 0.15) is 13.3 Å². The van der Waals surface area contributed by atoms with Crippen LogP contribution in [0.2, 0.25) is 0 Å². The first kappa shape index (κ1) is 9.67. The van der Waals surface area contributed by atoms with Gasteiger partial charge in [-0.25, -0.2) is 0 Å². The summed E-state index contributed by atoms with van der Waals surface area (Å²) in [5.41, 5.74) is 4.49. The van der Waals surface area contributed by atoms with Crippen LogP contribution in [0.4, 0.5) is 0 Å². The second kappa shape index (κ2) is 3.53. The van der Waals surface area contributed by atoms with Gasteiger partial charge in [0.2, 0.25) is 0 Å². The second-order valence-corrected chi connectivity index (χ2v) is 3.03. The van der Waals surface area contributed by atoms with Crippen molar-refractivity contribution in [1.82, 2.24) is 5.32 Å².